The summed E-state index contributed by atoms with van der Waals surface area (Å²) in [6.45, 7) is 3.40. The van der Waals surface area contributed by atoms with Crippen LogP contribution in [0.5, 0.6) is 0 Å². The van der Waals surface area contributed by atoms with Crippen LogP contribution < -0.4 is 0 Å². The largest absolute Gasteiger partial charge is 0.219 e. The summed E-state index contributed by atoms with van der Waals surface area (Å²) < 4.78 is 23.2. The minimum absolute atomic E-state index is 0.0281. The Bertz CT molecular complexity index is 395. The summed E-state index contributed by atoms with van der Waals surface area (Å²) in [5.41, 5.74) is 0. The van der Waals surface area contributed by atoms with E-state index in [0.29, 0.717) is 0 Å². The highest BCUT2D eigenvalue weighted by Gasteiger charge is 2.16. The van der Waals surface area contributed by atoms with Crippen molar-refractivity contribution < 1.29 is 8.42 Å². The van der Waals surface area contributed by atoms with Crippen molar-refractivity contribution in [1.82, 2.24) is 0 Å². The summed E-state index contributed by atoms with van der Waals surface area (Å²) in [7, 11) is -3.42. The van der Waals surface area contributed by atoms with Gasteiger partial charge in [-0.1, -0.05) is 24.8 Å². The zero-order chi connectivity index (χ0) is 9.90. The van der Waals surface area contributed by atoms with Crippen molar-refractivity contribution in [2.45, 2.75) is 4.90 Å². The van der Waals surface area contributed by atoms with E-state index in [9.17, 15) is 8.42 Å². The van der Waals surface area contributed by atoms with Crippen molar-refractivity contribution in [1.29, 1.82) is 0 Å². The average Bonchev–Trinajstić information content (AvgIpc) is 2.18. The Morgan fingerprint density at radius 2 is 1.85 bits per heavy atom. The van der Waals surface area contributed by atoms with Gasteiger partial charge in [-0.05, 0) is 12.1 Å². The highest BCUT2D eigenvalue weighted by atomic mass is 35.5. The van der Waals surface area contributed by atoms with Crippen LogP contribution in [-0.2, 0) is 9.84 Å². The molecule has 0 amide bonds. The number of benzene rings is 1. The number of hydrogen-bond acceptors (Lipinski definition) is 2. The summed E-state index contributed by atoms with van der Waals surface area (Å²) >= 11 is 5.41. The Hall–Kier alpha value is -0.800. The number of hydrogen-bond donors (Lipinski definition) is 0. The molecule has 0 saturated heterocycles. The van der Waals surface area contributed by atoms with E-state index >= 15 is 0 Å². The molecular weight excluding hydrogens is 208 g/mol. The number of rotatable bonds is 3. The number of halogens is 1. The van der Waals surface area contributed by atoms with Crippen molar-refractivity contribution in [2.75, 3.05) is 5.88 Å². The first kappa shape index (κ1) is 10.3. The average molecular weight is 217 g/mol. The van der Waals surface area contributed by atoms with Crippen LogP contribution in [0.2, 0.25) is 0 Å². The second kappa shape index (κ2) is 3.94. The number of alkyl halides is 1. The van der Waals surface area contributed by atoms with Gasteiger partial charge in [0.2, 0.25) is 9.84 Å². The zero-order valence-electron chi connectivity index (χ0n) is 6.90. The summed E-state index contributed by atoms with van der Waals surface area (Å²) in [6, 6.07) is 8.12. The zero-order valence-corrected chi connectivity index (χ0v) is 8.48. The van der Waals surface area contributed by atoms with E-state index in [4.69, 9.17) is 11.6 Å². The lowest BCUT2D eigenvalue weighted by Crippen LogP contribution is -2.04. The normalized spacial score (nSPS) is 11.2. The van der Waals surface area contributed by atoms with Crippen LogP contribution in [0.25, 0.3) is 0 Å². The first-order valence-corrected chi connectivity index (χ1v) is 5.64. The van der Waals surface area contributed by atoms with Crippen molar-refractivity contribution in [3.8, 4) is 0 Å². The third-order valence-corrected chi connectivity index (χ3v) is 3.86. The van der Waals surface area contributed by atoms with Gasteiger partial charge in [0.1, 0.15) is 0 Å². The Labute approximate surface area is 82.8 Å². The first-order valence-electron chi connectivity index (χ1n) is 3.63. The molecule has 0 aliphatic carbocycles. The van der Waals surface area contributed by atoms with Crippen LogP contribution in [0.1, 0.15) is 0 Å². The van der Waals surface area contributed by atoms with Crippen LogP contribution in [0.15, 0.2) is 46.7 Å². The molecule has 1 aromatic carbocycles. The van der Waals surface area contributed by atoms with E-state index in [-0.39, 0.29) is 15.7 Å². The van der Waals surface area contributed by atoms with Crippen LogP contribution in [0.4, 0.5) is 0 Å². The molecule has 0 heterocycles. The predicted octanol–water partition coefficient (Wildman–Crippen LogP) is 2.21. The molecule has 4 heteroatoms. The Balaban J connectivity index is 3.17. The molecule has 0 atom stereocenters. The van der Waals surface area contributed by atoms with Crippen molar-refractivity contribution in [3.63, 3.8) is 0 Å². The van der Waals surface area contributed by atoms with Gasteiger partial charge in [0.05, 0.1) is 15.7 Å². The quantitative estimate of drug-likeness (QED) is 0.726. The summed E-state index contributed by atoms with van der Waals surface area (Å²) in [5, 5.41) is 0. The molecule has 1 rings (SSSR count). The molecule has 0 radical (unpaired) electrons. The molecule has 0 bridgehead atoms. The molecule has 2 nitrogen and oxygen atoms in total. The molecule has 0 unspecified atom stereocenters. The van der Waals surface area contributed by atoms with Gasteiger partial charge in [-0.3, -0.25) is 0 Å². The number of sulfone groups is 1. The molecular formula is C9H9ClO2S. The van der Waals surface area contributed by atoms with Gasteiger partial charge in [-0.25, -0.2) is 8.42 Å². The Morgan fingerprint density at radius 1 is 1.31 bits per heavy atom. The topological polar surface area (TPSA) is 34.1 Å². The molecule has 0 fully saturated rings. The van der Waals surface area contributed by atoms with E-state index in [1.165, 1.54) is 12.1 Å². The van der Waals surface area contributed by atoms with Gasteiger partial charge in [0.15, 0.2) is 0 Å². The van der Waals surface area contributed by atoms with Crippen molar-refractivity contribution >= 4 is 21.4 Å². The monoisotopic (exact) mass is 216 g/mol. The fourth-order valence-electron chi connectivity index (χ4n) is 0.838. The molecule has 0 aliphatic heterocycles. The van der Waals surface area contributed by atoms with E-state index in [1.54, 1.807) is 18.2 Å². The Morgan fingerprint density at radius 3 is 2.31 bits per heavy atom. The Kier molecular flexibility index (Phi) is 3.12. The molecule has 0 saturated carbocycles. The van der Waals surface area contributed by atoms with Crippen LogP contribution >= 0.6 is 11.6 Å². The smallest absolute Gasteiger partial charge is 0.203 e. The molecule has 0 spiro atoms. The molecule has 70 valence electrons. The second-order valence-corrected chi connectivity index (χ2v) is 4.81. The molecule has 0 aliphatic rings. The lowest BCUT2D eigenvalue weighted by atomic mass is 10.4. The number of allylic oxidation sites excluding steroid dienone is 1. The second-order valence-electron chi connectivity index (χ2n) is 2.49. The van der Waals surface area contributed by atoms with Gasteiger partial charge < -0.3 is 0 Å². The first-order chi connectivity index (χ1) is 6.09. The highest BCUT2D eigenvalue weighted by Crippen LogP contribution is 2.17. The van der Waals surface area contributed by atoms with Crippen LogP contribution in [0.3, 0.4) is 0 Å². The molecule has 0 aromatic heterocycles. The predicted molar refractivity (Wildman–Crippen MR) is 53.5 cm³/mol. The van der Waals surface area contributed by atoms with Crippen LogP contribution in [-0.4, -0.2) is 14.3 Å². The van der Waals surface area contributed by atoms with Gasteiger partial charge in [0, 0.05) is 0 Å². The maximum Gasteiger partial charge on any atom is 0.203 e. The van der Waals surface area contributed by atoms with Crippen molar-refractivity contribution in [2.24, 2.45) is 0 Å². The maximum absolute atomic E-state index is 11.6. The molecule has 0 N–H and O–H groups in total. The SMILES string of the molecule is C=C(CCl)S(=O)(=O)c1ccccc1. The third kappa shape index (κ3) is 2.11. The van der Waals surface area contributed by atoms with Gasteiger partial charge in [0.25, 0.3) is 0 Å². The lowest BCUT2D eigenvalue weighted by molar-refractivity contribution is 0.602. The van der Waals surface area contributed by atoms with E-state index in [1.807, 2.05) is 0 Å². The van der Waals surface area contributed by atoms with Crippen LogP contribution in [0, 0.1) is 0 Å². The van der Waals surface area contributed by atoms with E-state index < -0.39 is 9.84 Å². The fraction of sp³-hybridized carbons (Fsp3) is 0.111. The minimum Gasteiger partial charge on any atom is -0.219 e. The summed E-state index contributed by atoms with van der Waals surface area (Å²) in [5.74, 6) is -0.0722. The lowest BCUT2D eigenvalue weighted by Gasteiger charge is -2.03. The van der Waals surface area contributed by atoms with Crippen molar-refractivity contribution in [3.05, 3.63) is 41.8 Å². The summed E-state index contributed by atoms with van der Waals surface area (Å²) in [4.78, 5) is 0.265. The fourth-order valence-corrected chi connectivity index (χ4v) is 2.26. The summed E-state index contributed by atoms with van der Waals surface area (Å²) in [6.07, 6.45) is 0. The van der Waals surface area contributed by atoms with E-state index in [2.05, 4.69) is 6.58 Å². The van der Waals surface area contributed by atoms with Gasteiger partial charge in [-0.2, -0.15) is 0 Å². The third-order valence-electron chi connectivity index (χ3n) is 1.58. The maximum atomic E-state index is 11.6. The van der Waals surface area contributed by atoms with Gasteiger partial charge in [-0.15, -0.1) is 11.6 Å². The standard InChI is InChI=1S/C9H9ClO2S/c1-8(7-10)13(11,12)9-5-3-2-4-6-9/h2-6H,1,7H2. The molecule has 13 heavy (non-hydrogen) atoms. The molecule has 1 aromatic rings. The van der Waals surface area contributed by atoms with Gasteiger partial charge >= 0.3 is 0 Å². The highest BCUT2D eigenvalue weighted by molar-refractivity contribution is 7.95. The minimum atomic E-state index is -3.42. The van der Waals surface area contributed by atoms with E-state index in [0.717, 1.165) is 0 Å².